The van der Waals surface area contributed by atoms with Crippen LogP contribution in [0.3, 0.4) is 0 Å². The van der Waals surface area contributed by atoms with E-state index < -0.39 is 22.5 Å². The third-order valence-corrected chi connectivity index (χ3v) is 1.99. The largest absolute Gasteiger partial charge is 0.435 e. The smallest absolute Gasteiger partial charge is 0.258 e. The Balaban J connectivity index is 2.50. The highest BCUT2D eigenvalue weighted by Crippen LogP contribution is 2.28. The summed E-state index contributed by atoms with van der Waals surface area (Å²) in [4.78, 5) is 13.6. The molecule has 93 valence electrons. The molecule has 0 aromatic carbocycles. The van der Waals surface area contributed by atoms with E-state index in [1.54, 1.807) is 0 Å². The number of nitrogens with zero attached hydrogens (tertiary/aromatic N) is 4. The van der Waals surface area contributed by atoms with Gasteiger partial charge in [-0.3, -0.25) is 10.1 Å². The monoisotopic (exact) mass is 257 g/mol. The van der Waals surface area contributed by atoms with Gasteiger partial charge in [0.2, 0.25) is 5.82 Å². The molecule has 2 heterocycles. The SMILES string of the molecule is O=[N+]([O-])c1cccnc1-n1[c]cc(C(F)(F)F)n1. The standard InChI is InChI=1S/C9H4F3N4O2/c10-9(11,12)7-3-5-15(14-7)8-6(16(17)18)2-1-4-13-8/h1-4H. The van der Waals surface area contributed by atoms with Crippen LogP contribution in [0.15, 0.2) is 24.4 Å². The van der Waals surface area contributed by atoms with Gasteiger partial charge in [0, 0.05) is 12.3 Å². The highest BCUT2D eigenvalue weighted by atomic mass is 19.4. The predicted molar refractivity (Wildman–Crippen MR) is 51.9 cm³/mol. The van der Waals surface area contributed by atoms with E-state index in [0.717, 1.165) is 6.07 Å². The van der Waals surface area contributed by atoms with E-state index in [4.69, 9.17) is 0 Å². The van der Waals surface area contributed by atoms with Crippen molar-refractivity contribution in [3.05, 3.63) is 46.4 Å². The second kappa shape index (κ2) is 4.09. The van der Waals surface area contributed by atoms with Crippen LogP contribution in [0.25, 0.3) is 5.82 Å². The van der Waals surface area contributed by atoms with Gasteiger partial charge in [-0.05, 0) is 12.1 Å². The van der Waals surface area contributed by atoms with Crippen LogP contribution in [0.5, 0.6) is 0 Å². The molecule has 0 aliphatic rings. The van der Waals surface area contributed by atoms with Gasteiger partial charge in [-0.25, -0.2) is 9.67 Å². The van der Waals surface area contributed by atoms with Crippen LogP contribution in [-0.4, -0.2) is 19.7 Å². The summed E-state index contributed by atoms with van der Waals surface area (Å²) in [5.41, 5.74) is -1.65. The maximum absolute atomic E-state index is 12.3. The van der Waals surface area contributed by atoms with Gasteiger partial charge in [0.15, 0.2) is 5.69 Å². The van der Waals surface area contributed by atoms with Crippen molar-refractivity contribution in [1.82, 2.24) is 14.8 Å². The van der Waals surface area contributed by atoms with Crippen molar-refractivity contribution in [2.75, 3.05) is 0 Å². The van der Waals surface area contributed by atoms with Crippen LogP contribution >= 0.6 is 0 Å². The highest BCUT2D eigenvalue weighted by molar-refractivity contribution is 5.45. The summed E-state index contributed by atoms with van der Waals surface area (Å²) in [5, 5.41) is 13.9. The lowest BCUT2D eigenvalue weighted by Crippen LogP contribution is -2.08. The van der Waals surface area contributed by atoms with E-state index in [2.05, 4.69) is 16.3 Å². The van der Waals surface area contributed by atoms with Crippen LogP contribution in [0.1, 0.15) is 5.69 Å². The van der Waals surface area contributed by atoms with Crippen molar-refractivity contribution in [1.29, 1.82) is 0 Å². The first-order valence-electron chi connectivity index (χ1n) is 4.54. The number of rotatable bonds is 2. The third kappa shape index (κ3) is 2.14. The molecular weight excluding hydrogens is 253 g/mol. The van der Waals surface area contributed by atoms with Crippen molar-refractivity contribution >= 4 is 5.69 Å². The second-order valence-electron chi connectivity index (χ2n) is 3.17. The van der Waals surface area contributed by atoms with Gasteiger partial charge in [0.1, 0.15) is 0 Å². The average molecular weight is 257 g/mol. The molecule has 0 amide bonds. The zero-order valence-electron chi connectivity index (χ0n) is 8.55. The maximum Gasteiger partial charge on any atom is 0.435 e. The molecule has 0 fully saturated rings. The molecule has 0 unspecified atom stereocenters. The lowest BCUT2D eigenvalue weighted by atomic mass is 10.4. The highest BCUT2D eigenvalue weighted by Gasteiger charge is 2.34. The van der Waals surface area contributed by atoms with Gasteiger partial charge in [-0.15, -0.1) is 0 Å². The summed E-state index contributed by atoms with van der Waals surface area (Å²) in [6.07, 6.45) is -1.28. The summed E-state index contributed by atoms with van der Waals surface area (Å²) in [6, 6.07) is 3.01. The molecule has 1 radical (unpaired) electrons. The Morgan fingerprint density at radius 2 is 2.17 bits per heavy atom. The summed E-state index contributed by atoms with van der Waals surface area (Å²) in [7, 11) is 0. The first-order chi connectivity index (χ1) is 8.39. The predicted octanol–water partition coefficient (Wildman–Crippen LogP) is 1.99. The first-order valence-corrected chi connectivity index (χ1v) is 4.54. The van der Waals surface area contributed by atoms with Crippen molar-refractivity contribution in [2.45, 2.75) is 6.18 Å². The molecule has 2 aromatic rings. The Kier molecular flexibility index (Phi) is 2.73. The molecule has 18 heavy (non-hydrogen) atoms. The van der Waals surface area contributed by atoms with Gasteiger partial charge < -0.3 is 0 Å². The zero-order valence-corrected chi connectivity index (χ0v) is 8.55. The van der Waals surface area contributed by atoms with Crippen LogP contribution in [-0.2, 0) is 6.18 Å². The molecule has 6 nitrogen and oxygen atoms in total. The molecule has 2 rings (SSSR count). The minimum Gasteiger partial charge on any atom is -0.258 e. The first kappa shape index (κ1) is 12.0. The van der Waals surface area contributed by atoms with Gasteiger partial charge in [0.05, 0.1) is 11.1 Å². The van der Waals surface area contributed by atoms with Gasteiger partial charge in [-0.1, -0.05) is 0 Å². The molecule has 0 aliphatic carbocycles. The Morgan fingerprint density at radius 3 is 2.72 bits per heavy atom. The zero-order chi connectivity index (χ0) is 13.3. The molecular formula is C9H4F3N4O2. The van der Waals surface area contributed by atoms with Gasteiger partial charge in [0.25, 0.3) is 0 Å². The quantitative estimate of drug-likeness (QED) is 0.609. The fraction of sp³-hybridized carbons (Fsp3) is 0.111. The van der Waals surface area contributed by atoms with Crippen LogP contribution in [0, 0.1) is 16.3 Å². The molecule has 0 bridgehead atoms. The van der Waals surface area contributed by atoms with Crippen molar-refractivity contribution in [2.24, 2.45) is 0 Å². The number of nitro groups is 1. The molecule has 0 spiro atoms. The molecule has 0 aliphatic heterocycles. The molecule has 0 saturated heterocycles. The summed E-state index contributed by atoms with van der Waals surface area (Å²) < 4.78 is 37.6. The number of pyridine rings is 1. The minimum absolute atomic E-state index is 0.321. The van der Waals surface area contributed by atoms with E-state index in [-0.39, 0.29) is 5.82 Å². The number of alkyl halides is 3. The summed E-state index contributed by atoms with van der Waals surface area (Å²) in [6.45, 7) is 0. The third-order valence-electron chi connectivity index (χ3n) is 1.99. The van der Waals surface area contributed by atoms with Crippen molar-refractivity contribution in [3.8, 4) is 5.82 Å². The maximum atomic E-state index is 12.3. The molecule has 0 atom stereocenters. The summed E-state index contributed by atoms with van der Waals surface area (Å²) >= 11 is 0. The minimum atomic E-state index is -4.63. The number of aromatic nitrogens is 3. The van der Waals surface area contributed by atoms with Crippen LogP contribution in [0.4, 0.5) is 18.9 Å². The van der Waals surface area contributed by atoms with Crippen molar-refractivity contribution in [3.63, 3.8) is 0 Å². The Bertz CT molecular complexity index is 593. The molecule has 9 heteroatoms. The fourth-order valence-corrected chi connectivity index (χ4v) is 1.23. The van der Waals surface area contributed by atoms with E-state index in [1.165, 1.54) is 12.3 Å². The average Bonchev–Trinajstić information content (AvgIpc) is 2.77. The van der Waals surface area contributed by atoms with Gasteiger partial charge in [-0.2, -0.15) is 18.3 Å². The normalized spacial score (nSPS) is 11.5. The fourth-order valence-electron chi connectivity index (χ4n) is 1.23. The number of halogens is 3. The molecule has 0 saturated carbocycles. The van der Waals surface area contributed by atoms with E-state index in [9.17, 15) is 23.3 Å². The number of hydrogen-bond donors (Lipinski definition) is 0. The molecule has 2 aromatic heterocycles. The second-order valence-corrected chi connectivity index (χ2v) is 3.17. The Morgan fingerprint density at radius 1 is 1.44 bits per heavy atom. The van der Waals surface area contributed by atoms with Crippen molar-refractivity contribution < 1.29 is 18.1 Å². The van der Waals surface area contributed by atoms with Gasteiger partial charge >= 0.3 is 11.9 Å². The Labute approximate surface area is 97.8 Å². The van der Waals surface area contributed by atoms with E-state index in [0.29, 0.717) is 10.7 Å². The lowest BCUT2D eigenvalue weighted by Gasteiger charge is -2.02. The lowest BCUT2D eigenvalue weighted by molar-refractivity contribution is -0.384. The van der Waals surface area contributed by atoms with E-state index >= 15 is 0 Å². The Hall–Kier alpha value is -2.45. The topological polar surface area (TPSA) is 73.8 Å². The summed E-state index contributed by atoms with van der Waals surface area (Å²) in [5.74, 6) is -0.321. The number of hydrogen-bond acceptors (Lipinski definition) is 4. The van der Waals surface area contributed by atoms with Crippen LogP contribution < -0.4 is 0 Å². The van der Waals surface area contributed by atoms with Crippen LogP contribution in [0.2, 0.25) is 0 Å². The molecule has 0 N–H and O–H groups in total. The van der Waals surface area contributed by atoms with E-state index in [1.807, 2.05) is 0 Å².